The molecule has 1 heterocycles. The quantitative estimate of drug-likeness (QED) is 0.592. The van der Waals surface area contributed by atoms with Gasteiger partial charge in [0.15, 0.2) is 5.78 Å². The number of alkyl halides is 3. The van der Waals surface area contributed by atoms with E-state index in [2.05, 4.69) is 4.98 Å². The summed E-state index contributed by atoms with van der Waals surface area (Å²) < 4.78 is 49.2. The van der Waals surface area contributed by atoms with Crippen molar-refractivity contribution in [2.24, 2.45) is 0 Å². The lowest BCUT2D eigenvalue weighted by Crippen LogP contribution is -2.35. The number of hydrogen-bond donors (Lipinski definition) is 0. The van der Waals surface area contributed by atoms with E-state index in [1.165, 1.54) is 6.07 Å². The van der Waals surface area contributed by atoms with Crippen molar-refractivity contribution >= 4 is 5.78 Å². The van der Waals surface area contributed by atoms with Crippen molar-refractivity contribution in [1.29, 1.82) is 0 Å². The van der Waals surface area contributed by atoms with Crippen LogP contribution in [0.3, 0.4) is 0 Å². The zero-order valence-corrected chi connectivity index (χ0v) is 10.4. The predicted octanol–water partition coefficient (Wildman–Crippen LogP) is 2.68. The molecule has 0 aliphatic carbocycles. The Bertz CT molecular complexity index is 417. The molecule has 19 heavy (non-hydrogen) atoms. The van der Waals surface area contributed by atoms with Crippen LogP contribution >= 0.6 is 0 Å². The number of ketones is 1. The molecule has 1 rings (SSSR count). The molecule has 0 N–H and O–H groups in total. The SMILES string of the molecule is CCN(CCC(=O)c1ccc(F)cn1)CC(F)(F)F. The normalized spacial score (nSPS) is 11.9. The second-order valence-electron chi connectivity index (χ2n) is 4.02. The molecular formula is C12H14F4N2O. The predicted molar refractivity (Wildman–Crippen MR) is 61.3 cm³/mol. The van der Waals surface area contributed by atoms with Gasteiger partial charge in [0.2, 0.25) is 0 Å². The Labute approximate surface area is 108 Å². The van der Waals surface area contributed by atoms with Crippen molar-refractivity contribution in [2.45, 2.75) is 19.5 Å². The fourth-order valence-corrected chi connectivity index (χ4v) is 1.53. The van der Waals surface area contributed by atoms with Gasteiger partial charge in [-0.2, -0.15) is 13.2 Å². The fourth-order valence-electron chi connectivity index (χ4n) is 1.53. The minimum atomic E-state index is -4.28. The number of rotatable bonds is 6. The van der Waals surface area contributed by atoms with E-state index in [1.807, 2.05) is 0 Å². The summed E-state index contributed by atoms with van der Waals surface area (Å²) in [6.07, 6.45) is -3.46. The van der Waals surface area contributed by atoms with E-state index >= 15 is 0 Å². The third-order valence-corrected chi connectivity index (χ3v) is 2.52. The Hall–Kier alpha value is -1.50. The van der Waals surface area contributed by atoms with Gasteiger partial charge in [-0.1, -0.05) is 6.92 Å². The lowest BCUT2D eigenvalue weighted by Gasteiger charge is -2.21. The summed E-state index contributed by atoms with van der Waals surface area (Å²) in [5.74, 6) is -0.968. The van der Waals surface area contributed by atoms with Gasteiger partial charge >= 0.3 is 6.18 Å². The number of hydrogen-bond acceptors (Lipinski definition) is 3. The summed E-state index contributed by atoms with van der Waals surface area (Å²) >= 11 is 0. The van der Waals surface area contributed by atoms with Gasteiger partial charge in [-0.15, -0.1) is 0 Å². The van der Waals surface area contributed by atoms with Gasteiger partial charge in [-0.05, 0) is 18.7 Å². The number of aromatic nitrogens is 1. The second-order valence-corrected chi connectivity index (χ2v) is 4.02. The first kappa shape index (κ1) is 15.6. The molecule has 0 saturated heterocycles. The topological polar surface area (TPSA) is 33.2 Å². The molecule has 0 radical (unpaired) electrons. The van der Waals surface area contributed by atoms with E-state index in [9.17, 15) is 22.4 Å². The van der Waals surface area contributed by atoms with Crippen molar-refractivity contribution < 1.29 is 22.4 Å². The highest BCUT2D eigenvalue weighted by Gasteiger charge is 2.30. The minimum absolute atomic E-state index is 0.00605. The minimum Gasteiger partial charge on any atom is -0.295 e. The zero-order chi connectivity index (χ0) is 14.5. The Morgan fingerprint density at radius 3 is 2.53 bits per heavy atom. The fraction of sp³-hybridized carbons (Fsp3) is 0.500. The van der Waals surface area contributed by atoms with Crippen LogP contribution < -0.4 is 0 Å². The number of halogens is 4. The molecule has 0 unspecified atom stereocenters. The Kier molecular flexibility index (Phi) is 5.41. The van der Waals surface area contributed by atoms with Gasteiger partial charge in [-0.25, -0.2) is 4.39 Å². The van der Waals surface area contributed by atoms with E-state index in [0.717, 1.165) is 17.2 Å². The van der Waals surface area contributed by atoms with Crippen LogP contribution in [0.2, 0.25) is 0 Å². The van der Waals surface area contributed by atoms with Crippen molar-refractivity contribution in [2.75, 3.05) is 19.6 Å². The Balaban J connectivity index is 2.50. The van der Waals surface area contributed by atoms with E-state index in [4.69, 9.17) is 0 Å². The van der Waals surface area contributed by atoms with Gasteiger partial charge in [0, 0.05) is 13.0 Å². The molecule has 0 bridgehead atoms. The molecule has 0 amide bonds. The van der Waals surface area contributed by atoms with Gasteiger partial charge < -0.3 is 0 Å². The Morgan fingerprint density at radius 2 is 2.05 bits per heavy atom. The number of carbonyl (C=O) groups excluding carboxylic acids is 1. The molecule has 106 valence electrons. The van der Waals surface area contributed by atoms with Crippen LogP contribution in [-0.4, -0.2) is 41.5 Å². The largest absolute Gasteiger partial charge is 0.401 e. The van der Waals surface area contributed by atoms with Crippen LogP contribution in [-0.2, 0) is 0 Å². The molecule has 0 atom stereocenters. The van der Waals surface area contributed by atoms with Crippen LogP contribution in [0.25, 0.3) is 0 Å². The standard InChI is InChI=1S/C12H14F4N2O/c1-2-18(8-12(14,15)16)6-5-11(19)10-4-3-9(13)7-17-10/h3-4,7H,2,5-6,8H2,1H3. The smallest absolute Gasteiger partial charge is 0.295 e. The summed E-state index contributed by atoms with van der Waals surface area (Å²) in [6.45, 7) is 0.734. The molecule has 0 spiro atoms. The van der Waals surface area contributed by atoms with Crippen molar-refractivity contribution in [3.63, 3.8) is 0 Å². The van der Waals surface area contributed by atoms with E-state index in [0.29, 0.717) is 0 Å². The number of carbonyl (C=O) groups is 1. The molecular weight excluding hydrogens is 264 g/mol. The summed E-state index contributed by atoms with van der Waals surface area (Å²) in [5, 5.41) is 0. The maximum absolute atomic E-state index is 12.6. The van der Waals surface area contributed by atoms with Crippen molar-refractivity contribution in [3.05, 3.63) is 29.8 Å². The molecule has 7 heteroatoms. The summed E-state index contributed by atoms with van der Waals surface area (Å²) in [6, 6.07) is 2.31. The molecule has 0 aliphatic rings. The van der Waals surface area contributed by atoms with E-state index in [-0.39, 0.29) is 25.2 Å². The van der Waals surface area contributed by atoms with Gasteiger partial charge in [-0.3, -0.25) is 14.7 Å². The average Bonchev–Trinajstić information content (AvgIpc) is 2.33. The number of pyridine rings is 1. The summed E-state index contributed by atoms with van der Waals surface area (Å²) in [7, 11) is 0. The monoisotopic (exact) mass is 278 g/mol. The highest BCUT2D eigenvalue weighted by atomic mass is 19.4. The van der Waals surface area contributed by atoms with Crippen LogP contribution in [0.4, 0.5) is 17.6 Å². The molecule has 0 aromatic carbocycles. The molecule has 1 aromatic heterocycles. The van der Waals surface area contributed by atoms with Gasteiger partial charge in [0.25, 0.3) is 0 Å². The average molecular weight is 278 g/mol. The van der Waals surface area contributed by atoms with Crippen molar-refractivity contribution in [1.82, 2.24) is 9.88 Å². The van der Waals surface area contributed by atoms with Crippen LogP contribution in [0.15, 0.2) is 18.3 Å². The molecule has 1 aromatic rings. The van der Waals surface area contributed by atoms with E-state index in [1.54, 1.807) is 6.92 Å². The maximum Gasteiger partial charge on any atom is 0.401 e. The summed E-state index contributed by atoms with van der Waals surface area (Å²) in [5.41, 5.74) is 0.0597. The highest BCUT2D eigenvalue weighted by Crippen LogP contribution is 2.16. The lowest BCUT2D eigenvalue weighted by atomic mass is 10.2. The Morgan fingerprint density at radius 1 is 1.37 bits per heavy atom. The molecule has 3 nitrogen and oxygen atoms in total. The third-order valence-electron chi connectivity index (χ3n) is 2.52. The van der Waals surface area contributed by atoms with Crippen molar-refractivity contribution in [3.8, 4) is 0 Å². The zero-order valence-electron chi connectivity index (χ0n) is 10.4. The van der Waals surface area contributed by atoms with Crippen LogP contribution in [0.1, 0.15) is 23.8 Å². The van der Waals surface area contributed by atoms with Crippen LogP contribution in [0.5, 0.6) is 0 Å². The second kappa shape index (κ2) is 6.60. The molecule has 0 aliphatic heterocycles. The maximum atomic E-state index is 12.6. The number of Topliss-reactive ketones (excluding diaryl/α,β-unsaturated/α-hetero) is 1. The first-order chi connectivity index (χ1) is 8.81. The molecule has 0 fully saturated rings. The third kappa shape index (κ3) is 5.78. The lowest BCUT2D eigenvalue weighted by molar-refractivity contribution is -0.145. The first-order valence-corrected chi connectivity index (χ1v) is 5.75. The van der Waals surface area contributed by atoms with Crippen LogP contribution in [0, 0.1) is 5.82 Å². The summed E-state index contributed by atoms with van der Waals surface area (Å²) in [4.78, 5) is 16.4. The molecule has 0 saturated carbocycles. The first-order valence-electron chi connectivity index (χ1n) is 5.75. The van der Waals surface area contributed by atoms with Gasteiger partial charge in [0.05, 0.1) is 12.7 Å². The van der Waals surface area contributed by atoms with E-state index < -0.39 is 24.3 Å². The number of nitrogens with zero attached hydrogens (tertiary/aromatic N) is 2. The highest BCUT2D eigenvalue weighted by molar-refractivity contribution is 5.94. The van der Waals surface area contributed by atoms with Gasteiger partial charge in [0.1, 0.15) is 11.5 Å².